The Labute approximate surface area is 155 Å². The Hall–Kier alpha value is -3.28. The third-order valence-electron chi connectivity index (χ3n) is 4.83. The van der Waals surface area contributed by atoms with Gasteiger partial charge in [-0.05, 0) is 54.7 Å². The lowest BCUT2D eigenvalue weighted by molar-refractivity contribution is 0.0470. The van der Waals surface area contributed by atoms with Crippen molar-refractivity contribution in [3.63, 3.8) is 0 Å². The summed E-state index contributed by atoms with van der Waals surface area (Å²) in [5.41, 5.74) is 3.06. The number of phenols is 1. The molecule has 1 aliphatic carbocycles. The van der Waals surface area contributed by atoms with Gasteiger partial charge in [-0.3, -0.25) is 0 Å². The number of hydrogen-bond donors (Lipinski definition) is 1. The van der Waals surface area contributed by atoms with Gasteiger partial charge in [0.25, 0.3) is 0 Å². The lowest BCUT2D eigenvalue weighted by atomic mass is 10.0. The molecule has 0 saturated heterocycles. The Morgan fingerprint density at radius 2 is 1.93 bits per heavy atom. The summed E-state index contributed by atoms with van der Waals surface area (Å²) in [6.45, 7) is -0.0921. The highest BCUT2D eigenvalue weighted by Gasteiger charge is 2.17. The summed E-state index contributed by atoms with van der Waals surface area (Å²) in [6.07, 6.45) is 3.05. The van der Waals surface area contributed by atoms with Crippen LogP contribution < -0.4 is 10.4 Å². The first-order valence-electron chi connectivity index (χ1n) is 8.68. The maximum atomic E-state index is 12.3. The number of rotatable bonds is 4. The van der Waals surface area contributed by atoms with Crippen molar-refractivity contribution >= 4 is 16.9 Å². The zero-order valence-corrected chi connectivity index (χ0v) is 14.8. The van der Waals surface area contributed by atoms with E-state index in [0.29, 0.717) is 16.9 Å². The molecule has 1 N–H and O–H groups in total. The molecule has 3 aromatic rings. The van der Waals surface area contributed by atoms with Crippen molar-refractivity contribution < 1.29 is 23.8 Å². The minimum Gasteiger partial charge on any atom is -0.507 e. The van der Waals surface area contributed by atoms with Crippen LogP contribution >= 0.6 is 0 Å². The van der Waals surface area contributed by atoms with E-state index in [9.17, 15) is 14.7 Å². The molecule has 6 heteroatoms. The van der Waals surface area contributed by atoms with Crippen LogP contribution in [0.1, 0.15) is 33.5 Å². The second-order valence-electron chi connectivity index (χ2n) is 6.52. The first kappa shape index (κ1) is 17.1. The molecular weight excluding hydrogens is 348 g/mol. The minimum absolute atomic E-state index is 0.0314. The van der Waals surface area contributed by atoms with Gasteiger partial charge in [0, 0.05) is 23.1 Å². The highest BCUT2D eigenvalue weighted by atomic mass is 16.5. The molecule has 2 aromatic carbocycles. The number of carbonyl (C=O) groups excluding carboxylic acids is 1. The van der Waals surface area contributed by atoms with Crippen LogP contribution in [0.3, 0.4) is 0 Å². The van der Waals surface area contributed by atoms with Gasteiger partial charge >= 0.3 is 11.6 Å². The largest absolute Gasteiger partial charge is 0.507 e. The van der Waals surface area contributed by atoms with Gasteiger partial charge in [-0.15, -0.1) is 0 Å². The zero-order valence-electron chi connectivity index (χ0n) is 14.8. The fourth-order valence-corrected chi connectivity index (χ4v) is 3.45. The van der Waals surface area contributed by atoms with Crippen molar-refractivity contribution in [2.24, 2.45) is 0 Å². The topological polar surface area (TPSA) is 86.0 Å². The second-order valence-corrected chi connectivity index (χ2v) is 6.52. The maximum absolute atomic E-state index is 12.3. The van der Waals surface area contributed by atoms with Crippen molar-refractivity contribution in [2.45, 2.75) is 25.9 Å². The van der Waals surface area contributed by atoms with Crippen molar-refractivity contribution in [3.8, 4) is 11.5 Å². The number of phenolic OH excluding ortho intramolecular Hbond substituents is 1. The summed E-state index contributed by atoms with van der Waals surface area (Å²) in [6, 6.07) is 9.58. The number of fused-ring (bicyclic) bond motifs is 2. The van der Waals surface area contributed by atoms with Gasteiger partial charge in [0.05, 0.1) is 7.11 Å². The fraction of sp³-hybridized carbons (Fsp3) is 0.238. The zero-order chi connectivity index (χ0) is 19.0. The van der Waals surface area contributed by atoms with Crippen LogP contribution in [-0.2, 0) is 24.2 Å². The molecule has 0 aliphatic heterocycles. The lowest BCUT2D eigenvalue weighted by Crippen LogP contribution is -2.08. The molecule has 0 atom stereocenters. The third kappa shape index (κ3) is 3.26. The Bertz CT molecular complexity index is 1100. The molecule has 0 unspecified atom stereocenters. The van der Waals surface area contributed by atoms with Crippen LogP contribution in [0.4, 0.5) is 0 Å². The predicted octanol–water partition coefficient (Wildman–Crippen LogP) is 3.35. The number of carbonyl (C=O) groups is 1. The van der Waals surface area contributed by atoms with Crippen LogP contribution in [0.5, 0.6) is 11.5 Å². The van der Waals surface area contributed by atoms with Crippen LogP contribution in [-0.4, -0.2) is 18.2 Å². The van der Waals surface area contributed by atoms with Crippen LogP contribution in [0.2, 0.25) is 0 Å². The average molecular weight is 366 g/mol. The highest BCUT2D eigenvalue weighted by molar-refractivity contribution is 5.92. The lowest BCUT2D eigenvalue weighted by Gasteiger charge is -2.10. The van der Waals surface area contributed by atoms with Gasteiger partial charge in [0.2, 0.25) is 0 Å². The number of aromatic hydroxyl groups is 1. The summed E-state index contributed by atoms with van der Waals surface area (Å²) in [5, 5.41) is 10.7. The van der Waals surface area contributed by atoms with E-state index in [4.69, 9.17) is 13.9 Å². The molecule has 0 spiro atoms. The Morgan fingerprint density at radius 3 is 2.67 bits per heavy atom. The minimum atomic E-state index is -0.683. The van der Waals surface area contributed by atoms with E-state index >= 15 is 0 Å². The van der Waals surface area contributed by atoms with Crippen LogP contribution in [0, 0.1) is 0 Å². The summed E-state index contributed by atoms with van der Waals surface area (Å²) >= 11 is 0. The number of ether oxygens (including phenoxy) is 2. The standard InChI is InChI=1S/C21H18O6/c1-25-15-5-6-16(18(22)10-15)21(24)26-11-14-9-20(23)27-19-8-13-4-2-3-12(13)7-17(14)19/h5-10,22H,2-4,11H2,1H3. The van der Waals surface area contributed by atoms with E-state index in [2.05, 4.69) is 0 Å². The van der Waals surface area contributed by atoms with Gasteiger partial charge < -0.3 is 19.0 Å². The number of hydrogen-bond acceptors (Lipinski definition) is 6. The molecule has 1 aromatic heterocycles. The van der Waals surface area contributed by atoms with E-state index in [1.807, 2.05) is 12.1 Å². The molecule has 1 heterocycles. The number of methoxy groups -OCH3 is 1. The first-order chi connectivity index (χ1) is 13.0. The summed E-state index contributed by atoms with van der Waals surface area (Å²) in [5.74, 6) is -0.475. The Morgan fingerprint density at radius 1 is 1.15 bits per heavy atom. The third-order valence-corrected chi connectivity index (χ3v) is 4.83. The van der Waals surface area contributed by atoms with Crippen molar-refractivity contribution in [1.82, 2.24) is 0 Å². The smallest absolute Gasteiger partial charge is 0.342 e. The van der Waals surface area contributed by atoms with Crippen LogP contribution in [0.25, 0.3) is 11.0 Å². The molecule has 0 bridgehead atoms. The fourth-order valence-electron chi connectivity index (χ4n) is 3.45. The predicted molar refractivity (Wildman–Crippen MR) is 98.3 cm³/mol. The van der Waals surface area contributed by atoms with Crippen molar-refractivity contribution in [2.75, 3.05) is 7.11 Å². The van der Waals surface area contributed by atoms with Gasteiger partial charge in [-0.25, -0.2) is 9.59 Å². The van der Waals surface area contributed by atoms with Crippen molar-refractivity contribution in [1.29, 1.82) is 0 Å². The van der Waals surface area contributed by atoms with E-state index in [-0.39, 0.29) is 17.9 Å². The SMILES string of the molecule is COc1ccc(C(=O)OCc2cc(=O)oc3cc4c(cc23)CCC4)c(O)c1. The molecule has 4 rings (SSSR count). The molecule has 0 amide bonds. The maximum Gasteiger partial charge on any atom is 0.342 e. The summed E-state index contributed by atoms with van der Waals surface area (Å²) in [7, 11) is 1.47. The second kappa shape index (κ2) is 6.79. The molecule has 0 fully saturated rings. The Balaban J connectivity index is 1.62. The van der Waals surface area contributed by atoms with Crippen molar-refractivity contribution in [3.05, 3.63) is 69.1 Å². The van der Waals surface area contributed by atoms with E-state index in [0.717, 1.165) is 24.6 Å². The quantitative estimate of drug-likeness (QED) is 0.563. The van der Waals surface area contributed by atoms with Gasteiger partial charge in [0.1, 0.15) is 29.3 Å². The number of aryl methyl sites for hydroxylation is 2. The number of esters is 1. The molecule has 0 saturated carbocycles. The molecule has 1 aliphatic rings. The molecule has 27 heavy (non-hydrogen) atoms. The molecule has 138 valence electrons. The molecule has 0 radical (unpaired) electrons. The van der Waals surface area contributed by atoms with E-state index < -0.39 is 11.6 Å². The van der Waals surface area contributed by atoms with Gasteiger partial charge in [-0.2, -0.15) is 0 Å². The molecule has 6 nitrogen and oxygen atoms in total. The van der Waals surface area contributed by atoms with Gasteiger partial charge in [-0.1, -0.05) is 0 Å². The average Bonchev–Trinajstić information content (AvgIpc) is 3.11. The van der Waals surface area contributed by atoms with E-state index in [1.165, 1.54) is 36.4 Å². The normalized spacial score (nSPS) is 12.8. The van der Waals surface area contributed by atoms with Crippen LogP contribution in [0.15, 0.2) is 45.6 Å². The van der Waals surface area contributed by atoms with E-state index in [1.54, 1.807) is 6.07 Å². The Kier molecular flexibility index (Phi) is 4.32. The summed E-state index contributed by atoms with van der Waals surface area (Å²) < 4.78 is 15.6. The van der Waals surface area contributed by atoms with Gasteiger partial charge in [0.15, 0.2) is 0 Å². The highest BCUT2D eigenvalue weighted by Crippen LogP contribution is 2.29. The number of benzene rings is 2. The first-order valence-corrected chi connectivity index (χ1v) is 8.68. The monoisotopic (exact) mass is 366 g/mol. The molecular formula is C21H18O6. The summed E-state index contributed by atoms with van der Waals surface area (Å²) in [4.78, 5) is 24.2.